The fourth-order valence-corrected chi connectivity index (χ4v) is 0.579. The third kappa shape index (κ3) is 6.34. The predicted octanol–water partition coefficient (Wildman–Crippen LogP) is -0.234. The molecule has 2 unspecified atom stereocenters. The van der Waals surface area contributed by atoms with E-state index >= 15 is 0 Å². The highest BCUT2D eigenvalue weighted by Crippen LogP contribution is 1.90. The Morgan fingerprint density at radius 2 is 2.07 bits per heavy atom. The average Bonchev–Trinajstić information content (AvgIpc) is 2.21. The van der Waals surface area contributed by atoms with Crippen molar-refractivity contribution >= 4 is 5.97 Å². The van der Waals surface area contributed by atoms with Crippen LogP contribution in [0, 0.1) is 23.7 Å². The molecule has 2 atom stereocenters. The molecule has 0 aliphatic carbocycles. The Morgan fingerprint density at radius 3 is 2.60 bits per heavy atom. The van der Waals surface area contributed by atoms with E-state index in [0.717, 1.165) is 6.42 Å². The highest BCUT2D eigenvalue weighted by Gasteiger charge is 2.21. The van der Waals surface area contributed by atoms with Crippen molar-refractivity contribution in [2.45, 2.75) is 25.6 Å². The molecular weight excluding hydrogens is 196 g/mol. The van der Waals surface area contributed by atoms with Gasteiger partial charge in [-0.25, -0.2) is 4.79 Å². The largest absolute Gasteiger partial charge is 0.479 e. The van der Waals surface area contributed by atoms with E-state index < -0.39 is 18.2 Å². The number of aliphatic hydroxyl groups is 2. The van der Waals surface area contributed by atoms with E-state index in [-0.39, 0.29) is 0 Å². The number of aliphatic carboxylic acids is 1. The van der Waals surface area contributed by atoms with E-state index in [9.17, 15) is 4.79 Å². The summed E-state index contributed by atoms with van der Waals surface area (Å²) in [6, 6.07) is 0. The van der Waals surface area contributed by atoms with Crippen LogP contribution in [-0.2, 0) is 4.79 Å². The lowest BCUT2D eigenvalue weighted by molar-refractivity contribution is -0.150. The van der Waals surface area contributed by atoms with Crippen molar-refractivity contribution < 1.29 is 20.1 Å². The second-order valence-corrected chi connectivity index (χ2v) is 2.58. The summed E-state index contributed by atoms with van der Waals surface area (Å²) in [6.45, 7) is 1.96. The zero-order chi connectivity index (χ0) is 11.7. The van der Waals surface area contributed by atoms with Crippen LogP contribution in [0.5, 0.6) is 0 Å². The lowest BCUT2D eigenvalue weighted by atomic mass is 10.2. The SMILES string of the molecule is CCC=CC#CC#CC(O)C(O)C(=O)O. The van der Waals surface area contributed by atoms with Gasteiger partial charge in [0.05, 0.1) is 0 Å². The van der Waals surface area contributed by atoms with Crippen LogP contribution < -0.4 is 0 Å². The smallest absolute Gasteiger partial charge is 0.336 e. The zero-order valence-electron chi connectivity index (χ0n) is 8.27. The van der Waals surface area contributed by atoms with Gasteiger partial charge in [0.15, 0.2) is 12.2 Å². The lowest BCUT2D eigenvalue weighted by Gasteiger charge is -2.05. The number of carbonyl (C=O) groups is 1. The number of aliphatic hydroxyl groups excluding tert-OH is 2. The Labute approximate surface area is 88.2 Å². The Kier molecular flexibility index (Phi) is 6.74. The van der Waals surface area contributed by atoms with Gasteiger partial charge in [-0.3, -0.25) is 0 Å². The van der Waals surface area contributed by atoms with Gasteiger partial charge in [-0.2, -0.15) is 0 Å². The maximum atomic E-state index is 10.2. The van der Waals surface area contributed by atoms with Gasteiger partial charge in [0.2, 0.25) is 0 Å². The van der Waals surface area contributed by atoms with Crippen LogP contribution in [0.4, 0.5) is 0 Å². The predicted molar refractivity (Wildman–Crippen MR) is 54.6 cm³/mol. The molecule has 80 valence electrons. The third-order valence-electron chi connectivity index (χ3n) is 1.34. The van der Waals surface area contributed by atoms with E-state index in [1.807, 2.05) is 13.0 Å². The lowest BCUT2D eigenvalue weighted by Crippen LogP contribution is -2.32. The Balaban J connectivity index is 4.21. The molecule has 0 saturated heterocycles. The minimum absolute atomic E-state index is 0.864. The van der Waals surface area contributed by atoms with E-state index in [1.165, 1.54) is 0 Å². The number of hydrogen-bond donors (Lipinski definition) is 3. The summed E-state index contributed by atoms with van der Waals surface area (Å²) < 4.78 is 0. The van der Waals surface area contributed by atoms with E-state index in [4.69, 9.17) is 15.3 Å². The maximum absolute atomic E-state index is 10.2. The molecule has 0 heterocycles. The molecule has 0 aliphatic heterocycles. The van der Waals surface area contributed by atoms with E-state index in [2.05, 4.69) is 23.7 Å². The molecule has 0 saturated carbocycles. The standard InChI is InChI=1S/C11H12O4/c1-2-3-4-5-6-7-8-9(12)10(13)11(14)15/h3-4,9-10,12-13H,2H2,1H3,(H,14,15). The van der Waals surface area contributed by atoms with Gasteiger partial charge in [-0.1, -0.05) is 24.8 Å². The molecule has 4 nitrogen and oxygen atoms in total. The molecule has 0 fully saturated rings. The first-order chi connectivity index (χ1) is 7.09. The van der Waals surface area contributed by atoms with Gasteiger partial charge in [0.25, 0.3) is 0 Å². The fraction of sp³-hybridized carbons (Fsp3) is 0.364. The number of rotatable bonds is 3. The summed E-state index contributed by atoms with van der Waals surface area (Å²) in [5, 5.41) is 26.1. The molecular formula is C11H12O4. The van der Waals surface area contributed by atoms with Gasteiger partial charge >= 0.3 is 5.97 Å². The van der Waals surface area contributed by atoms with Crippen molar-refractivity contribution in [3.05, 3.63) is 12.2 Å². The first-order valence-electron chi connectivity index (χ1n) is 4.34. The number of allylic oxidation sites excluding steroid dienone is 2. The van der Waals surface area contributed by atoms with Crippen molar-refractivity contribution in [3.63, 3.8) is 0 Å². The molecule has 0 aromatic carbocycles. The summed E-state index contributed by atoms with van der Waals surface area (Å²) in [5.41, 5.74) is 0. The molecule has 0 rings (SSSR count). The van der Waals surface area contributed by atoms with E-state index in [1.54, 1.807) is 6.08 Å². The van der Waals surface area contributed by atoms with Crippen LogP contribution >= 0.6 is 0 Å². The van der Waals surface area contributed by atoms with Gasteiger partial charge in [0, 0.05) is 0 Å². The van der Waals surface area contributed by atoms with Crippen LogP contribution in [0.3, 0.4) is 0 Å². The second-order valence-electron chi connectivity index (χ2n) is 2.58. The normalized spacial score (nSPS) is 13.3. The van der Waals surface area contributed by atoms with Gasteiger partial charge in [0.1, 0.15) is 0 Å². The van der Waals surface area contributed by atoms with Gasteiger partial charge in [-0.15, -0.1) is 0 Å². The average molecular weight is 208 g/mol. The molecule has 0 radical (unpaired) electrons. The highest BCUT2D eigenvalue weighted by molar-refractivity contribution is 5.73. The molecule has 0 bridgehead atoms. The fourth-order valence-electron chi connectivity index (χ4n) is 0.579. The monoisotopic (exact) mass is 208 g/mol. The van der Waals surface area contributed by atoms with Crippen molar-refractivity contribution in [1.29, 1.82) is 0 Å². The van der Waals surface area contributed by atoms with Crippen LogP contribution in [0.25, 0.3) is 0 Å². The minimum Gasteiger partial charge on any atom is -0.479 e. The molecule has 3 N–H and O–H groups in total. The molecule has 0 aromatic rings. The first-order valence-corrected chi connectivity index (χ1v) is 4.34. The zero-order valence-corrected chi connectivity index (χ0v) is 8.27. The number of hydrogen-bond acceptors (Lipinski definition) is 3. The van der Waals surface area contributed by atoms with Crippen LogP contribution in [0.2, 0.25) is 0 Å². The maximum Gasteiger partial charge on any atom is 0.336 e. The van der Waals surface area contributed by atoms with Gasteiger partial charge in [-0.05, 0) is 24.3 Å². The Hall–Kier alpha value is -1.75. The Morgan fingerprint density at radius 1 is 1.40 bits per heavy atom. The first kappa shape index (κ1) is 13.2. The van der Waals surface area contributed by atoms with Gasteiger partial charge < -0.3 is 15.3 Å². The molecule has 0 spiro atoms. The van der Waals surface area contributed by atoms with Crippen LogP contribution in [-0.4, -0.2) is 33.5 Å². The third-order valence-corrected chi connectivity index (χ3v) is 1.34. The van der Waals surface area contributed by atoms with Crippen molar-refractivity contribution in [1.82, 2.24) is 0 Å². The molecule has 0 aromatic heterocycles. The summed E-state index contributed by atoms with van der Waals surface area (Å²) in [7, 11) is 0. The molecule has 0 amide bonds. The number of carboxylic acid groups (broad SMARTS) is 1. The van der Waals surface area contributed by atoms with Crippen LogP contribution in [0.15, 0.2) is 12.2 Å². The van der Waals surface area contributed by atoms with Crippen molar-refractivity contribution in [2.24, 2.45) is 0 Å². The summed E-state index contributed by atoms with van der Waals surface area (Å²) >= 11 is 0. The topological polar surface area (TPSA) is 77.8 Å². The molecule has 0 aliphatic rings. The summed E-state index contributed by atoms with van der Waals surface area (Å²) in [6.07, 6.45) is 0.784. The Bertz CT molecular complexity index is 348. The van der Waals surface area contributed by atoms with Crippen molar-refractivity contribution in [3.8, 4) is 23.7 Å². The molecule has 15 heavy (non-hydrogen) atoms. The van der Waals surface area contributed by atoms with E-state index in [0.29, 0.717) is 0 Å². The highest BCUT2D eigenvalue weighted by atomic mass is 16.4. The van der Waals surface area contributed by atoms with Crippen LogP contribution in [0.1, 0.15) is 13.3 Å². The minimum atomic E-state index is -1.90. The summed E-state index contributed by atoms with van der Waals surface area (Å²) in [5.74, 6) is 7.78. The van der Waals surface area contributed by atoms with Crippen molar-refractivity contribution in [2.75, 3.05) is 0 Å². The molecule has 4 heteroatoms. The summed E-state index contributed by atoms with van der Waals surface area (Å²) in [4.78, 5) is 10.2. The quantitative estimate of drug-likeness (QED) is 0.560. The second kappa shape index (κ2) is 7.64. The number of carboxylic acids is 1.